The highest BCUT2D eigenvalue weighted by Crippen LogP contribution is 2.23. The largest absolute Gasteiger partial charge is 0.336 e. The first kappa shape index (κ1) is 17.6. The number of ketones is 1. The van der Waals surface area contributed by atoms with Gasteiger partial charge in [-0.25, -0.2) is 0 Å². The SMILES string of the molecule is O=C(CN1CCN(C(=O)c2cc(Br)ccc2Cl)CC1)c1cccs1. The Kier molecular flexibility index (Phi) is 5.71. The van der Waals surface area contributed by atoms with Gasteiger partial charge >= 0.3 is 0 Å². The lowest BCUT2D eigenvalue weighted by atomic mass is 10.1. The second-order valence-electron chi connectivity index (χ2n) is 5.59. The van der Waals surface area contributed by atoms with Gasteiger partial charge < -0.3 is 4.90 Å². The fraction of sp³-hybridized carbons (Fsp3) is 0.294. The fourth-order valence-electron chi connectivity index (χ4n) is 2.66. The number of nitrogens with zero attached hydrogens (tertiary/aromatic N) is 2. The summed E-state index contributed by atoms with van der Waals surface area (Å²) in [6.07, 6.45) is 0. The van der Waals surface area contributed by atoms with Crippen LogP contribution in [-0.2, 0) is 0 Å². The zero-order chi connectivity index (χ0) is 17.1. The first-order valence-electron chi connectivity index (χ1n) is 7.58. The Bertz CT molecular complexity index is 743. The van der Waals surface area contributed by atoms with Gasteiger partial charge in [0.1, 0.15) is 0 Å². The molecule has 1 aromatic heterocycles. The molecule has 1 amide bonds. The molecule has 3 rings (SSSR count). The summed E-state index contributed by atoms with van der Waals surface area (Å²) < 4.78 is 0.829. The molecule has 0 saturated carbocycles. The molecule has 1 saturated heterocycles. The number of halogens is 2. The topological polar surface area (TPSA) is 40.6 Å². The van der Waals surface area contributed by atoms with Crippen molar-refractivity contribution >= 4 is 50.6 Å². The lowest BCUT2D eigenvalue weighted by Gasteiger charge is -2.34. The van der Waals surface area contributed by atoms with E-state index < -0.39 is 0 Å². The lowest BCUT2D eigenvalue weighted by Crippen LogP contribution is -2.49. The van der Waals surface area contributed by atoms with Crippen molar-refractivity contribution in [3.8, 4) is 0 Å². The highest BCUT2D eigenvalue weighted by atomic mass is 79.9. The van der Waals surface area contributed by atoms with E-state index in [2.05, 4.69) is 20.8 Å². The van der Waals surface area contributed by atoms with Crippen molar-refractivity contribution in [2.24, 2.45) is 0 Å². The molecule has 1 aromatic carbocycles. The van der Waals surface area contributed by atoms with Crippen LogP contribution in [0.2, 0.25) is 5.02 Å². The van der Waals surface area contributed by atoms with E-state index in [0.29, 0.717) is 43.3 Å². The van der Waals surface area contributed by atoms with Crippen molar-refractivity contribution < 1.29 is 9.59 Å². The van der Waals surface area contributed by atoms with Crippen molar-refractivity contribution in [2.45, 2.75) is 0 Å². The fourth-order valence-corrected chi connectivity index (χ4v) is 3.88. The Morgan fingerprint density at radius 3 is 2.58 bits per heavy atom. The average molecular weight is 428 g/mol. The van der Waals surface area contributed by atoms with Gasteiger partial charge in [-0.15, -0.1) is 11.3 Å². The van der Waals surface area contributed by atoms with Gasteiger partial charge in [0.2, 0.25) is 0 Å². The molecule has 0 spiro atoms. The Morgan fingerprint density at radius 1 is 1.17 bits per heavy atom. The van der Waals surface area contributed by atoms with E-state index in [0.717, 1.165) is 9.35 Å². The quantitative estimate of drug-likeness (QED) is 0.697. The van der Waals surface area contributed by atoms with Crippen LogP contribution in [0.3, 0.4) is 0 Å². The van der Waals surface area contributed by atoms with Gasteiger partial charge in [-0.1, -0.05) is 33.6 Å². The summed E-state index contributed by atoms with van der Waals surface area (Å²) >= 11 is 11.0. The van der Waals surface area contributed by atoms with Crippen molar-refractivity contribution in [1.82, 2.24) is 9.80 Å². The standard InChI is InChI=1S/C17H16BrClN2O2S/c18-12-3-4-14(19)13(10-12)17(23)21-7-5-20(6-8-21)11-15(22)16-2-1-9-24-16/h1-4,9-10H,5-8,11H2. The Hall–Kier alpha value is -1.21. The monoisotopic (exact) mass is 426 g/mol. The summed E-state index contributed by atoms with van der Waals surface area (Å²) in [5.41, 5.74) is 0.508. The first-order valence-corrected chi connectivity index (χ1v) is 9.63. The highest BCUT2D eigenvalue weighted by molar-refractivity contribution is 9.10. The van der Waals surface area contributed by atoms with Crippen LogP contribution in [0.15, 0.2) is 40.2 Å². The number of Topliss-reactive ketones (excluding diaryl/α,β-unsaturated/α-hetero) is 1. The van der Waals surface area contributed by atoms with Crippen LogP contribution in [0, 0.1) is 0 Å². The van der Waals surface area contributed by atoms with E-state index in [1.54, 1.807) is 17.0 Å². The summed E-state index contributed by atoms with van der Waals surface area (Å²) in [6, 6.07) is 9.01. The maximum absolute atomic E-state index is 12.6. The van der Waals surface area contributed by atoms with E-state index >= 15 is 0 Å². The molecule has 1 fully saturated rings. The molecule has 126 valence electrons. The minimum Gasteiger partial charge on any atom is -0.336 e. The highest BCUT2D eigenvalue weighted by Gasteiger charge is 2.25. The van der Waals surface area contributed by atoms with E-state index in [4.69, 9.17) is 11.6 Å². The zero-order valence-electron chi connectivity index (χ0n) is 12.9. The molecular formula is C17H16BrClN2O2S. The summed E-state index contributed by atoms with van der Waals surface area (Å²) in [5.74, 6) is 0.0744. The number of benzene rings is 1. The maximum Gasteiger partial charge on any atom is 0.255 e. The second-order valence-corrected chi connectivity index (χ2v) is 7.86. The smallest absolute Gasteiger partial charge is 0.255 e. The molecule has 2 heterocycles. The summed E-state index contributed by atoms with van der Waals surface area (Å²) in [4.78, 5) is 29.5. The summed E-state index contributed by atoms with van der Waals surface area (Å²) in [6.45, 7) is 2.97. The van der Waals surface area contributed by atoms with Crippen LogP contribution in [0.4, 0.5) is 0 Å². The van der Waals surface area contributed by atoms with Gasteiger partial charge in [0.15, 0.2) is 5.78 Å². The van der Waals surface area contributed by atoms with Crippen LogP contribution in [-0.4, -0.2) is 54.2 Å². The number of amides is 1. The third-order valence-corrected chi connectivity index (χ3v) is 5.72. The van der Waals surface area contributed by atoms with E-state index in [1.165, 1.54) is 11.3 Å². The number of rotatable bonds is 4. The predicted molar refractivity (Wildman–Crippen MR) is 100 cm³/mol. The van der Waals surface area contributed by atoms with Gasteiger partial charge in [0.05, 0.1) is 22.0 Å². The van der Waals surface area contributed by atoms with E-state index in [1.807, 2.05) is 23.6 Å². The Balaban J connectivity index is 1.57. The third-order valence-electron chi connectivity index (χ3n) is 3.98. The second kappa shape index (κ2) is 7.78. The van der Waals surface area contributed by atoms with Gasteiger partial charge in [-0.3, -0.25) is 14.5 Å². The van der Waals surface area contributed by atoms with Gasteiger partial charge in [0.25, 0.3) is 5.91 Å². The van der Waals surface area contributed by atoms with Crippen LogP contribution in [0.5, 0.6) is 0 Å². The zero-order valence-corrected chi connectivity index (χ0v) is 16.0. The third kappa shape index (κ3) is 4.06. The van der Waals surface area contributed by atoms with Crippen LogP contribution in [0.25, 0.3) is 0 Å². The number of piperazine rings is 1. The molecule has 0 atom stereocenters. The van der Waals surface area contributed by atoms with Gasteiger partial charge in [0, 0.05) is 30.7 Å². The maximum atomic E-state index is 12.6. The Labute approximate surface area is 158 Å². The molecule has 1 aliphatic heterocycles. The number of hydrogen-bond acceptors (Lipinski definition) is 4. The van der Waals surface area contributed by atoms with Crippen molar-refractivity contribution in [3.63, 3.8) is 0 Å². The van der Waals surface area contributed by atoms with Crippen LogP contribution in [0.1, 0.15) is 20.0 Å². The molecule has 7 heteroatoms. The number of thiophene rings is 1. The number of carbonyl (C=O) groups is 2. The predicted octanol–water partition coefficient (Wildman–Crippen LogP) is 3.80. The minimum absolute atomic E-state index is 0.0643. The summed E-state index contributed by atoms with van der Waals surface area (Å²) in [7, 11) is 0. The normalized spacial score (nSPS) is 15.5. The number of carbonyl (C=O) groups excluding carboxylic acids is 2. The molecule has 0 bridgehead atoms. The molecule has 2 aromatic rings. The van der Waals surface area contributed by atoms with Crippen molar-refractivity contribution in [1.29, 1.82) is 0 Å². The molecule has 0 aliphatic carbocycles. The average Bonchev–Trinajstić information content (AvgIpc) is 3.12. The molecule has 0 unspecified atom stereocenters. The molecule has 0 radical (unpaired) electrons. The van der Waals surface area contributed by atoms with Gasteiger partial charge in [-0.2, -0.15) is 0 Å². The van der Waals surface area contributed by atoms with Crippen LogP contribution >= 0.6 is 38.9 Å². The molecular weight excluding hydrogens is 412 g/mol. The molecule has 0 N–H and O–H groups in total. The van der Waals surface area contributed by atoms with Crippen molar-refractivity contribution in [3.05, 3.63) is 55.6 Å². The lowest BCUT2D eigenvalue weighted by molar-refractivity contribution is 0.0625. The molecule has 1 aliphatic rings. The molecule has 4 nitrogen and oxygen atoms in total. The first-order chi connectivity index (χ1) is 11.5. The number of hydrogen-bond donors (Lipinski definition) is 0. The summed E-state index contributed by atoms with van der Waals surface area (Å²) in [5, 5.41) is 2.37. The van der Waals surface area contributed by atoms with Crippen LogP contribution < -0.4 is 0 Å². The van der Waals surface area contributed by atoms with E-state index in [9.17, 15) is 9.59 Å². The van der Waals surface area contributed by atoms with Gasteiger partial charge in [-0.05, 0) is 29.6 Å². The minimum atomic E-state index is -0.0643. The Morgan fingerprint density at radius 2 is 1.92 bits per heavy atom. The molecule has 24 heavy (non-hydrogen) atoms. The van der Waals surface area contributed by atoms with Crippen molar-refractivity contribution in [2.75, 3.05) is 32.7 Å². The van der Waals surface area contributed by atoms with E-state index in [-0.39, 0.29) is 11.7 Å².